The van der Waals surface area contributed by atoms with Crippen LogP contribution in [0.2, 0.25) is 0 Å². The lowest BCUT2D eigenvalue weighted by Gasteiger charge is -2.04. The molecule has 0 saturated heterocycles. The predicted molar refractivity (Wildman–Crippen MR) is 122 cm³/mol. The lowest BCUT2D eigenvalue weighted by molar-refractivity contribution is 0.302. The van der Waals surface area contributed by atoms with Crippen molar-refractivity contribution < 1.29 is 9.15 Å². The first-order chi connectivity index (χ1) is 15.6. The zero-order valence-electron chi connectivity index (χ0n) is 17.9. The van der Waals surface area contributed by atoms with E-state index >= 15 is 0 Å². The molecule has 2 aromatic carbocycles. The minimum absolute atomic E-state index is 0.246. The highest BCUT2D eigenvalue weighted by molar-refractivity contribution is 5.83. The number of benzene rings is 2. The van der Waals surface area contributed by atoms with Crippen molar-refractivity contribution in [2.24, 2.45) is 5.92 Å². The number of oxazole rings is 1. The van der Waals surface area contributed by atoms with E-state index in [2.05, 4.69) is 10.1 Å². The minimum atomic E-state index is -0.246. The van der Waals surface area contributed by atoms with E-state index in [1.165, 1.54) is 17.4 Å². The third-order valence-corrected chi connectivity index (χ3v) is 5.97. The second-order valence-corrected chi connectivity index (χ2v) is 8.39. The van der Waals surface area contributed by atoms with E-state index in [1.807, 2.05) is 62.4 Å². The van der Waals surface area contributed by atoms with Crippen LogP contribution in [0.25, 0.3) is 39.3 Å². The number of hydrogen-bond acceptors (Lipinski definition) is 5. The van der Waals surface area contributed by atoms with Crippen molar-refractivity contribution in [2.45, 2.75) is 26.7 Å². The summed E-state index contributed by atoms with van der Waals surface area (Å²) in [7, 11) is 0. The number of para-hydroxylation sites is 1. The second-order valence-electron chi connectivity index (χ2n) is 8.39. The van der Waals surface area contributed by atoms with Gasteiger partial charge in [0.05, 0.1) is 12.3 Å². The summed E-state index contributed by atoms with van der Waals surface area (Å²) < 4.78 is 13.4. The molecule has 7 nitrogen and oxygen atoms in total. The van der Waals surface area contributed by atoms with Crippen LogP contribution in [0.5, 0.6) is 5.75 Å². The van der Waals surface area contributed by atoms with Gasteiger partial charge in [0.1, 0.15) is 11.3 Å². The fourth-order valence-electron chi connectivity index (χ4n) is 4.13. The maximum absolute atomic E-state index is 13.5. The van der Waals surface area contributed by atoms with Crippen LogP contribution in [-0.2, 0) is 0 Å². The summed E-state index contributed by atoms with van der Waals surface area (Å²) in [5.74, 6) is 1.56. The topological polar surface area (TPSA) is 85.4 Å². The average Bonchev–Trinajstić information content (AvgIpc) is 3.42. The minimum Gasteiger partial charge on any atom is -0.491 e. The molecular formula is C25H22N4O3. The number of nitrogens with one attached hydrogen (secondary N) is 1. The number of fused-ring (bicyclic) bond motifs is 2. The van der Waals surface area contributed by atoms with Crippen LogP contribution in [-0.4, -0.2) is 26.2 Å². The molecule has 0 atom stereocenters. The van der Waals surface area contributed by atoms with Crippen molar-refractivity contribution in [2.75, 3.05) is 6.61 Å². The van der Waals surface area contributed by atoms with E-state index < -0.39 is 0 Å². The van der Waals surface area contributed by atoms with Gasteiger partial charge in [0.15, 0.2) is 16.7 Å². The maximum Gasteiger partial charge on any atom is 0.285 e. The Bertz CT molecular complexity index is 1520. The van der Waals surface area contributed by atoms with Crippen LogP contribution < -0.4 is 10.3 Å². The number of aromatic amines is 1. The van der Waals surface area contributed by atoms with Crippen LogP contribution >= 0.6 is 0 Å². The molecule has 0 bridgehead atoms. The van der Waals surface area contributed by atoms with E-state index in [4.69, 9.17) is 14.1 Å². The molecule has 32 heavy (non-hydrogen) atoms. The lowest BCUT2D eigenvalue weighted by atomic mass is 10.1. The maximum atomic E-state index is 13.5. The summed E-state index contributed by atoms with van der Waals surface area (Å²) in [6.07, 6.45) is 2.42. The van der Waals surface area contributed by atoms with Gasteiger partial charge in [-0.2, -0.15) is 0 Å². The standard InChI is InChI=1S/C25H22N4O3/c1-14-21(24-27-22-18(31-13-16-11-12-16)9-6-10-19(22)32-24)25(30)29-23(26-14)20(15(2)28-29)17-7-4-3-5-8-17/h3-10,16,28H,11-13H2,1-2H3. The van der Waals surface area contributed by atoms with Gasteiger partial charge in [-0.05, 0) is 50.3 Å². The molecule has 160 valence electrons. The number of nitrogens with zero attached hydrogens (tertiary/aromatic N) is 3. The number of H-pyrrole nitrogens is 1. The molecule has 5 aromatic rings. The first-order valence-electron chi connectivity index (χ1n) is 10.8. The van der Waals surface area contributed by atoms with Gasteiger partial charge in [0, 0.05) is 11.3 Å². The van der Waals surface area contributed by atoms with Gasteiger partial charge in [0.2, 0.25) is 5.89 Å². The van der Waals surface area contributed by atoms with Crippen LogP contribution in [0.1, 0.15) is 24.2 Å². The molecular weight excluding hydrogens is 404 g/mol. The van der Waals surface area contributed by atoms with Crippen molar-refractivity contribution in [1.29, 1.82) is 0 Å². The third kappa shape index (κ3) is 3.00. The van der Waals surface area contributed by atoms with Gasteiger partial charge in [-0.25, -0.2) is 14.5 Å². The Hall–Kier alpha value is -3.87. The SMILES string of the molecule is Cc1nc2c(-c3ccccc3)c(C)[nH]n2c(=O)c1-c1nc2c(OCC3CC3)cccc2o1. The van der Waals surface area contributed by atoms with Crippen LogP contribution in [0.4, 0.5) is 0 Å². The molecule has 1 N–H and O–H groups in total. The highest BCUT2D eigenvalue weighted by atomic mass is 16.5. The molecule has 7 heteroatoms. The molecule has 6 rings (SSSR count). The Morgan fingerprint density at radius 3 is 2.66 bits per heavy atom. The second kappa shape index (κ2) is 7.09. The summed E-state index contributed by atoms with van der Waals surface area (Å²) >= 11 is 0. The average molecular weight is 426 g/mol. The first-order valence-corrected chi connectivity index (χ1v) is 10.8. The van der Waals surface area contributed by atoms with Gasteiger partial charge >= 0.3 is 0 Å². The number of hydrogen-bond donors (Lipinski definition) is 1. The highest BCUT2D eigenvalue weighted by Gasteiger charge is 2.24. The molecule has 0 spiro atoms. The van der Waals surface area contributed by atoms with Gasteiger partial charge in [0.25, 0.3) is 5.56 Å². The zero-order valence-corrected chi connectivity index (χ0v) is 17.9. The molecule has 0 aliphatic heterocycles. The van der Waals surface area contributed by atoms with Crippen molar-refractivity contribution in [3.05, 3.63) is 70.3 Å². The molecule has 1 fully saturated rings. The van der Waals surface area contributed by atoms with Gasteiger partial charge in [-0.15, -0.1) is 0 Å². The molecule has 3 heterocycles. The molecule has 1 aliphatic carbocycles. The Labute approximate surface area is 183 Å². The Kier molecular flexibility index (Phi) is 4.18. The van der Waals surface area contributed by atoms with Crippen LogP contribution in [0.3, 0.4) is 0 Å². The molecule has 0 amide bonds. The van der Waals surface area contributed by atoms with Gasteiger partial charge in [-0.1, -0.05) is 36.4 Å². The molecule has 3 aromatic heterocycles. The summed E-state index contributed by atoms with van der Waals surface area (Å²) in [6, 6.07) is 15.5. The van der Waals surface area contributed by atoms with E-state index in [0.717, 1.165) is 16.8 Å². The number of rotatable bonds is 5. The molecule has 0 unspecified atom stereocenters. The van der Waals surface area contributed by atoms with E-state index in [1.54, 1.807) is 0 Å². The van der Waals surface area contributed by atoms with Gasteiger partial charge in [-0.3, -0.25) is 9.89 Å². The third-order valence-electron chi connectivity index (χ3n) is 5.97. The lowest BCUT2D eigenvalue weighted by Crippen LogP contribution is -2.19. The fraction of sp³-hybridized carbons (Fsp3) is 0.240. The van der Waals surface area contributed by atoms with E-state index in [-0.39, 0.29) is 11.4 Å². The summed E-state index contributed by atoms with van der Waals surface area (Å²) in [4.78, 5) is 22.9. The van der Waals surface area contributed by atoms with E-state index in [9.17, 15) is 4.79 Å². The van der Waals surface area contributed by atoms with Crippen LogP contribution in [0.15, 0.2) is 57.7 Å². The zero-order chi connectivity index (χ0) is 21.8. The monoisotopic (exact) mass is 426 g/mol. The van der Waals surface area contributed by atoms with Crippen molar-refractivity contribution in [1.82, 2.24) is 19.6 Å². The van der Waals surface area contributed by atoms with E-state index in [0.29, 0.717) is 46.3 Å². The number of ether oxygens (including phenoxy) is 1. The molecule has 0 radical (unpaired) electrons. The van der Waals surface area contributed by atoms with Crippen LogP contribution in [0, 0.1) is 19.8 Å². The van der Waals surface area contributed by atoms with Crippen molar-refractivity contribution in [3.63, 3.8) is 0 Å². The largest absolute Gasteiger partial charge is 0.491 e. The normalized spacial score (nSPS) is 13.8. The summed E-state index contributed by atoms with van der Waals surface area (Å²) in [6.45, 7) is 4.43. The Morgan fingerprint density at radius 1 is 1.06 bits per heavy atom. The molecule has 1 saturated carbocycles. The smallest absolute Gasteiger partial charge is 0.285 e. The molecule has 1 aliphatic rings. The summed E-state index contributed by atoms with van der Waals surface area (Å²) in [5, 5.41) is 3.16. The first kappa shape index (κ1) is 18.9. The number of aryl methyl sites for hydroxylation is 2. The number of aromatic nitrogens is 4. The predicted octanol–water partition coefficient (Wildman–Crippen LogP) is 4.90. The fourth-order valence-corrected chi connectivity index (χ4v) is 4.13. The Morgan fingerprint density at radius 2 is 1.88 bits per heavy atom. The Balaban J connectivity index is 1.50. The van der Waals surface area contributed by atoms with Crippen molar-refractivity contribution in [3.8, 4) is 28.3 Å². The summed E-state index contributed by atoms with van der Waals surface area (Å²) in [5.41, 5.74) is 5.24. The van der Waals surface area contributed by atoms with Gasteiger partial charge < -0.3 is 9.15 Å². The quantitative estimate of drug-likeness (QED) is 0.432. The highest BCUT2D eigenvalue weighted by Crippen LogP contribution is 2.34. The van der Waals surface area contributed by atoms with Crippen molar-refractivity contribution >= 4 is 16.7 Å².